The van der Waals surface area contributed by atoms with E-state index < -0.39 is 0 Å². The zero-order valence-electron chi connectivity index (χ0n) is 17.8. The molecule has 0 aromatic carbocycles. The predicted molar refractivity (Wildman–Crippen MR) is 113 cm³/mol. The Morgan fingerprint density at radius 3 is 2.79 bits per heavy atom. The summed E-state index contributed by atoms with van der Waals surface area (Å²) < 4.78 is 1.95. The summed E-state index contributed by atoms with van der Waals surface area (Å²) in [4.78, 5) is 24.0. The molecule has 1 fully saturated rings. The van der Waals surface area contributed by atoms with Gasteiger partial charge in [-0.1, -0.05) is 0 Å². The van der Waals surface area contributed by atoms with E-state index in [0.717, 1.165) is 69.1 Å². The molecule has 2 aromatic heterocycles. The van der Waals surface area contributed by atoms with Gasteiger partial charge in [-0.15, -0.1) is 0 Å². The van der Waals surface area contributed by atoms with Gasteiger partial charge >= 0.3 is 0 Å². The lowest BCUT2D eigenvalue weighted by Gasteiger charge is -2.38. The van der Waals surface area contributed by atoms with Crippen molar-refractivity contribution in [1.82, 2.24) is 29.5 Å². The lowest BCUT2D eigenvalue weighted by molar-refractivity contribution is -0.135. The van der Waals surface area contributed by atoms with E-state index >= 15 is 0 Å². The maximum Gasteiger partial charge on any atom is 0.236 e. The maximum atomic E-state index is 13.0. The van der Waals surface area contributed by atoms with Crippen molar-refractivity contribution in [2.45, 2.75) is 45.7 Å². The highest BCUT2D eigenvalue weighted by Crippen LogP contribution is 2.21. The molecule has 4 heterocycles. The minimum atomic E-state index is 0.266. The second kappa shape index (κ2) is 8.63. The van der Waals surface area contributed by atoms with E-state index in [0.29, 0.717) is 12.6 Å². The van der Waals surface area contributed by atoms with Gasteiger partial charge in [0, 0.05) is 55.7 Å². The number of rotatable bonds is 5. The molecule has 0 spiro atoms. The first-order chi connectivity index (χ1) is 14.0. The van der Waals surface area contributed by atoms with Gasteiger partial charge < -0.3 is 9.80 Å². The molecule has 2 aromatic rings. The molecule has 7 nitrogen and oxygen atoms in total. The van der Waals surface area contributed by atoms with Gasteiger partial charge in [0.05, 0.1) is 17.9 Å². The van der Waals surface area contributed by atoms with Crippen molar-refractivity contribution in [1.29, 1.82) is 0 Å². The molecule has 0 atom stereocenters. The molecule has 156 valence electrons. The molecule has 0 aliphatic carbocycles. The summed E-state index contributed by atoms with van der Waals surface area (Å²) in [7, 11) is 2.16. The number of hydrogen-bond donors (Lipinski definition) is 0. The number of nitrogens with zero attached hydrogens (tertiary/aromatic N) is 6. The normalized spacial score (nSPS) is 18.6. The van der Waals surface area contributed by atoms with E-state index in [-0.39, 0.29) is 5.91 Å². The van der Waals surface area contributed by atoms with Gasteiger partial charge in [-0.2, -0.15) is 5.10 Å². The molecule has 4 rings (SSSR count). The minimum Gasteiger partial charge on any atom is -0.339 e. The lowest BCUT2D eigenvalue weighted by Crippen LogP contribution is -2.50. The van der Waals surface area contributed by atoms with E-state index in [2.05, 4.69) is 39.9 Å². The van der Waals surface area contributed by atoms with Crippen LogP contribution in [-0.4, -0.2) is 81.2 Å². The summed E-state index contributed by atoms with van der Waals surface area (Å²) in [5, 5.41) is 4.77. The smallest absolute Gasteiger partial charge is 0.236 e. The van der Waals surface area contributed by atoms with E-state index in [4.69, 9.17) is 5.10 Å². The fourth-order valence-corrected chi connectivity index (χ4v) is 4.54. The van der Waals surface area contributed by atoms with Crippen molar-refractivity contribution in [3.8, 4) is 5.69 Å². The van der Waals surface area contributed by atoms with Gasteiger partial charge in [-0.3, -0.25) is 14.7 Å². The van der Waals surface area contributed by atoms with Crippen LogP contribution in [-0.2, 0) is 17.8 Å². The predicted octanol–water partition coefficient (Wildman–Crippen LogP) is 1.88. The van der Waals surface area contributed by atoms with Crippen molar-refractivity contribution < 1.29 is 4.79 Å². The van der Waals surface area contributed by atoms with Crippen molar-refractivity contribution in [2.75, 3.05) is 39.8 Å². The van der Waals surface area contributed by atoms with Crippen LogP contribution >= 0.6 is 0 Å². The zero-order chi connectivity index (χ0) is 20.4. The Balaban J connectivity index is 1.40. The molecule has 0 unspecified atom stereocenters. The number of pyridine rings is 1. The Kier molecular flexibility index (Phi) is 5.96. The molecular weight excluding hydrogens is 364 g/mol. The number of fused-ring (bicyclic) bond motifs is 1. The average molecular weight is 397 g/mol. The summed E-state index contributed by atoms with van der Waals surface area (Å²) in [5.41, 5.74) is 4.39. The highest BCUT2D eigenvalue weighted by Gasteiger charge is 2.28. The van der Waals surface area contributed by atoms with Crippen LogP contribution < -0.4 is 0 Å². The SMILES string of the molecule is CCN(C(=O)CN1CCc2nn(-c3ccnc(C)c3)cc2C1)C1CCN(C)CC1. The molecule has 0 bridgehead atoms. The highest BCUT2D eigenvalue weighted by atomic mass is 16.2. The van der Waals surface area contributed by atoms with Crippen LogP contribution in [0.25, 0.3) is 5.69 Å². The van der Waals surface area contributed by atoms with Crippen LogP contribution in [0.3, 0.4) is 0 Å². The minimum absolute atomic E-state index is 0.266. The number of carbonyl (C=O) groups excluding carboxylic acids is 1. The monoisotopic (exact) mass is 396 g/mol. The Morgan fingerprint density at radius 1 is 1.28 bits per heavy atom. The molecule has 2 aliphatic rings. The van der Waals surface area contributed by atoms with Gasteiger partial charge in [0.25, 0.3) is 0 Å². The van der Waals surface area contributed by atoms with E-state index in [1.807, 2.05) is 29.9 Å². The summed E-state index contributed by atoms with van der Waals surface area (Å²) in [6, 6.07) is 4.41. The molecule has 0 N–H and O–H groups in total. The third-order valence-corrected chi connectivity index (χ3v) is 6.23. The first-order valence-corrected chi connectivity index (χ1v) is 10.7. The Bertz CT molecular complexity index is 855. The van der Waals surface area contributed by atoms with Gasteiger partial charge in [-0.25, -0.2) is 4.68 Å². The quantitative estimate of drug-likeness (QED) is 0.772. The molecule has 1 amide bonds. The van der Waals surface area contributed by atoms with Crippen LogP contribution in [0.4, 0.5) is 0 Å². The average Bonchev–Trinajstić information content (AvgIpc) is 3.13. The van der Waals surface area contributed by atoms with Crippen LogP contribution in [0.15, 0.2) is 24.5 Å². The van der Waals surface area contributed by atoms with E-state index in [9.17, 15) is 4.79 Å². The maximum absolute atomic E-state index is 13.0. The molecule has 29 heavy (non-hydrogen) atoms. The van der Waals surface area contributed by atoms with Crippen molar-refractivity contribution in [3.05, 3.63) is 41.5 Å². The van der Waals surface area contributed by atoms with Gasteiger partial charge in [0.1, 0.15) is 0 Å². The highest BCUT2D eigenvalue weighted by molar-refractivity contribution is 5.78. The largest absolute Gasteiger partial charge is 0.339 e. The van der Waals surface area contributed by atoms with Crippen molar-refractivity contribution in [3.63, 3.8) is 0 Å². The second-order valence-corrected chi connectivity index (χ2v) is 8.38. The molecule has 0 saturated carbocycles. The Morgan fingerprint density at radius 2 is 2.07 bits per heavy atom. The first kappa shape index (κ1) is 20.0. The first-order valence-electron chi connectivity index (χ1n) is 10.7. The molecule has 0 radical (unpaired) electrons. The number of likely N-dealkylation sites (N-methyl/N-ethyl adjacent to an activating group) is 1. The Hall–Kier alpha value is -2.25. The van der Waals surface area contributed by atoms with Crippen molar-refractivity contribution in [2.24, 2.45) is 0 Å². The number of amides is 1. The molecule has 7 heteroatoms. The fraction of sp³-hybridized carbons (Fsp3) is 0.591. The zero-order valence-corrected chi connectivity index (χ0v) is 17.8. The Labute approximate surface area is 173 Å². The standard InChI is InChI=1S/C22H32N6O/c1-4-27(19-6-10-25(3)11-7-19)22(29)16-26-12-8-21-18(14-26)15-28(24-21)20-5-9-23-17(2)13-20/h5,9,13,15,19H,4,6-8,10-12,14,16H2,1-3H3. The second-order valence-electron chi connectivity index (χ2n) is 8.38. The number of piperidine rings is 1. The van der Waals surface area contributed by atoms with Crippen LogP contribution in [0, 0.1) is 6.92 Å². The molecular formula is C22H32N6O. The van der Waals surface area contributed by atoms with Crippen LogP contribution in [0.5, 0.6) is 0 Å². The summed E-state index contributed by atoms with van der Waals surface area (Å²) in [6.45, 7) is 9.22. The summed E-state index contributed by atoms with van der Waals surface area (Å²) in [6.07, 6.45) is 6.98. The number of aryl methyl sites for hydroxylation is 1. The number of hydrogen-bond acceptors (Lipinski definition) is 5. The van der Waals surface area contributed by atoms with E-state index in [1.165, 1.54) is 5.56 Å². The third kappa shape index (κ3) is 4.51. The number of carbonyl (C=O) groups is 1. The van der Waals surface area contributed by atoms with Crippen LogP contribution in [0.2, 0.25) is 0 Å². The third-order valence-electron chi connectivity index (χ3n) is 6.23. The molecule has 2 aliphatic heterocycles. The van der Waals surface area contributed by atoms with Crippen LogP contribution in [0.1, 0.15) is 36.7 Å². The van der Waals surface area contributed by atoms with Crippen molar-refractivity contribution >= 4 is 5.91 Å². The van der Waals surface area contributed by atoms with Gasteiger partial charge in [0.2, 0.25) is 5.91 Å². The molecule has 1 saturated heterocycles. The summed E-state index contributed by atoms with van der Waals surface area (Å²) >= 11 is 0. The lowest BCUT2D eigenvalue weighted by atomic mass is 10.0. The van der Waals surface area contributed by atoms with E-state index in [1.54, 1.807) is 0 Å². The fourth-order valence-electron chi connectivity index (χ4n) is 4.54. The number of aromatic nitrogens is 3. The number of likely N-dealkylation sites (tertiary alicyclic amines) is 1. The van der Waals surface area contributed by atoms with Gasteiger partial charge in [-0.05, 0) is 59.0 Å². The topological polar surface area (TPSA) is 57.5 Å². The summed E-state index contributed by atoms with van der Waals surface area (Å²) in [5.74, 6) is 0.266. The van der Waals surface area contributed by atoms with Gasteiger partial charge in [0.15, 0.2) is 0 Å².